The summed E-state index contributed by atoms with van der Waals surface area (Å²) in [5, 5.41) is 30.5. The highest BCUT2D eigenvalue weighted by Gasteiger charge is 2.32. The first-order chi connectivity index (χ1) is 19.2. The number of hydrogen-bond donors (Lipinski definition) is 8. The number of aromatic nitrogens is 1. The van der Waals surface area contributed by atoms with Crippen LogP contribution in [0.4, 0.5) is 0 Å². The van der Waals surface area contributed by atoms with Gasteiger partial charge in [-0.25, -0.2) is 4.79 Å². The summed E-state index contributed by atoms with van der Waals surface area (Å²) in [6.07, 6.45) is 3.82. The van der Waals surface area contributed by atoms with E-state index >= 15 is 0 Å². The number of carboxylic acids is 2. The Morgan fingerprint density at radius 1 is 0.950 bits per heavy atom. The van der Waals surface area contributed by atoms with Gasteiger partial charge in [0.1, 0.15) is 18.1 Å². The van der Waals surface area contributed by atoms with Crippen molar-refractivity contribution in [1.29, 1.82) is 0 Å². The summed E-state index contributed by atoms with van der Waals surface area (Å²) >= 11 is 0. The van der Waals surface area contributed by atoms with Gasteiger partial charge in [0.15, 0.2) is 0 Å². The highest BCUT2D eigenvalue weighted by molar-refractivity contribution is 5.95. The zero-order chi connectivity index (χ0) is 29.1. The van der Waals surface area contributed by atoms with Crippen LogP contribution in [0, 0.1) is 0 Å². The Labute approximate surface area is 231 Å². The number of aromatic amines is 1. The van der Waals surface area contributed by atoms with E-state index in [-0.39, 0.29) is 25.7 Å². The van der Waals surface area contributed by atoms with E-state index in [1.807, 2.05) is 24.3 Å². The van der Waals surface area contributed by atoms with Gasteiger partial charge in [0.2, 0.25) is 17.7 Å². The standard InChI is InChI=1S/C27H38N6O7/c28-12-4-3-8-21(27(39)40)32-26(38)22(14-16-15-30-18-7-2-1-6-17(16)18)33-25(37)20(10-11-23(34)35)31-24(36)19-9-5-13-29-19/h1-2,6-7,15,19-22,29-30H,3-5,8-14,28H2,(H,31,36)(H,32,38)(H,33,37)(H,34,35)(H,39,40). The fraction of sp³-hybridized carbons (Fsp3) is 0.519. The lowest BCUT2D eigenvalue weighted by Crippen LogP contribution is -2.57. The maximum Gasteiger partial charge on any atom is 0.326 e. The van der Waals surface area contributed by atoms with Crippen LogP contribution in [-0.2, 0) is 30.4 Å². The molecule has 2 heterocycles. The minimum Gasteiger partial charge on any atom is -0.481 e. The van der Waals surface area contributed by atoms with Crippen molar-refractivity contribution in [1.82, 2.24) is 26.3 Å². The molecule has 2 aromatic rings. The second-order valence-corrected chi connectivity index (χ2v) is 9.95. The molecule has 1 fully saturated rings. The van der Waals surface area contributed by atoms with Crippen molar-refractivity contribution in [3.8, 4) is 0 Å². The number of rotatable bonds is 16. The van der Waals surface area contributed by atoms with Gasteiger partial charge in [0.25, 0.3) is 0 Å². The third-order valence-electron chi connectivity index (χ3n) is 6.95. The van der Waals surface area contributed by atoms with Crippen LogP contribution in [0.1, 0.15) is 50.5 Å². The zero-order valence-corrected chi connectivity index (χ0v) is 22.3. The van der Waals surface area contributed by atoms with Gasteiger partial charge < -0.3 is 42.2 Å². The lowest BCUT2D eigenvalue weighted by Gasteiger charge is -2.25. The molecular formula is C27H38N6O7. The molecule has 13 heteroatoms. The van der Waals surface area contributed by atoms with E-state index in [2.05, 4.69) is 26.3 Å². The molecule has 4 unspecified atom stereocenters. The van der Waals surface area contributed by atoms with Gasteiger partial charge in [-0.1, -0.05) is 18.2 Å². The number of nitrogens with two attached hydrogens (primary N) is 1. The minimum atomic E-state index is -1.21. The molecule has 13 nitrogen and oxygen atoms in total. The molecule has 3 amide bonds. The smallest absolute Gasteiger partial charge is 0.326 e. The number of unbranched alkanes of at least 4 members (excludes halogenated alkanes) is 1. The average Bonchev–Trinajstić information content (AvgIpc) is 3.60. The predicted molar refractivity (Wildman–Crippen MR) is 146 cm³/mol. The summed E-state index contributed by atoms with van der Waals surface area (Å²) in [6, 6.07) is 3.32. The fourth-order valence-corrected chi connectivity index (χ4v) is 4.74. The molecule has 218 valence electrons. The van der Waals surface area contributed by atoms with Crippen LogP contribution in [-0.4, -0.2) is 82.1 Å². The van der Waals surface area contributed by atoms with Crippen LogP contribution in [0.2, 0.25) is 0 Å². The molecule has 40 heavy (non-hydrogen) atoms. The lowest BCUT2D eigenvalue weighted by molar-refractivity contribution is -0.142. The van der Waals surface area contributed by atoms with E-state index < -0.39 is 53.8 Å². The molecule has 4 atom stereocenters. The Bertz CT molecular complexity index is 1190. The van der Waals surface area contributed by atoms with Crippen molar-refractivity contribution < 1.29 is 34.2 Å². The molecule has 1 aromatic heterocycles. The molecule has 1 aliphatic rings. The molecule has 0 bridgehead atoms. The number of carboxylic acid groups (broad SMARTS) is 2. The maximum absolute atomic E-state index is 13.4. The van der Waals surface area contributed by atoms with Crippen molar-refractivity contribution >= 4 is 40.6 Å². The quantitative estimate of drug-likeness (QED) is 0.130. The number of benzene rings is 1. The van der Waals surface area contributed by atoms with Crippen molar-refractivity contribution in [3.05, 3.63) is 36.0 Å². The number of carbonyl (C=O) groups is 5. The van der Waals surface area contributed by atoms with Gasteiger partial charge >= 0.3 is 11.9 Å². The molecule has 0 saturated carbocycles. The normalized spacial score (nSPS) is 17.1. The molecule has 1 aliphatic heterocycles. The van der Waals surface area contributed by atoms with Crippen LogP contribution >= 0.6 is 0 Å². The third kappa shape index (κ3) is 8.78. The van der Waals surface area contributed by atoms with Crippen molar-refractivity contribution in [2.75, 3.05) is 13.1 Å². The molecule has 3 rings (SSSR count). The summed E-state index contributed by atoms with van der Waals surface area (Å²) < 4.78 is 0. The number of amides is 3. The number of fused-ring (bicyclic) bond motifs is 1. The number of nitrogens with one attached hydrogen (secondary N) is 5. The van der Waals surface area contributed by atoms with Crippen molar-refractivity contribution in [2.45, 2.75) is 75.5 Å². The Morgan fingerprint density at radius 3 is 2.35 bits per heavy atom. The van der Waals surface area contributed by atoms with E-state index in [0.717, 1.165) is 17.3 Å². The van der Waals surface area contributed by atoms with E-state index in [1.54, 1.807) is 6.20 Å². The number of hydrogen-bond acceptors (Lipinski definition) is 7. The fourth-order valence-electron chi connectivity index (χ4n) is 4.74. The Balaban J connectivity index is 1.82. The van der Waals surface area contributed by atoms with Gasteiger partial charge in [-0.05, 0) is 63.2 Å². The largest absolute Gasteiger partial charge is 0.481 e. The summed E-state index contributed by atoms with van der Waals surface area (Å²) in [5.74, 6) is -4.22. The summed E-state index contributed by atoms with van der Waals surface area (Å²) in [5.41, 5.74) is 7.04. The van der Waals surface area contributed by atoms with Gasteiger partial charge in [0.05, 0.1) is 6.04 Å². The summed E-state index contributed by atoms with van der Waals surface area (Å²) in [6.45, 7) is 1.05. The maximum atomic E-state index is 13.4. The molecule has 1 aromatic carbocycles. The van der Waals surface area contributed by atoms with E-state index in [9.17, 15) is 34.2 Å². The number of para-hydroxylation sites is 1. The molecule has 0 radical (unpaired) electrons. The van der Waals surface area contributed by atoms with Gasteiger partial charge in [-0.15, -0.1) is 0 Å². The van der Waals surface area contributed by atoms with Gasteiger partial charge in [0, 0.05) is 29.9 Å². The highest BCUT2D eigenvalue weighted by Crippen LogP contribution is 2.19. The number of aliphatic carboxylic acids is 2. The predicted octanol–water partition coefficient (Wildman–Crippen LogP) is -0.00480. The van der Waals surface area contributed by atoms with Gasteiger partial charge in [-0.2, -0.15) is 0 Å². The highest BCUT2D eigenvalue weighted by atomic mass is 16.4. The zero-order valence-electron chi connectivity index (χ0n) is 22.3. The molecule has 1 saturated heterocycles. The number of H-pyrrole nitrogens is 1. The Hall–Kier alpha value is -3.97. The summed E-state index contributed by atoms with van der Waals surface area (Å²) in [7, 11) is 0. The molecular weight excluding hydrogens is 520 g/mol. The minimum absolute atomic E-state index is 0.0283. The molecule has 0 aliphatic carbocycles. The van der Waals surface area contributed by atoms with Crippen LogP contribution in [0.25, 0.3) is 10.9 Å². The third-order valence-corrected chi connectivity index (χ3v) is 6.95. The second kappa shape index (κ2) is 15.0. The van der Waals surface area contributed by atoms with Crippen molar-refractivity contribution in [2.24, 2.45) is 5.73 Å². The first kappa shape index (κ1) is 30.6. The van der Waals surface area contributed by atoms with Crippen LogP contribution in [0.3, 0.4) is 0 Å². The first-order valence-corrected chi connectivity index (χ1v) is 13.5. The monoisotopic (exact) mass is 558 g/mol. The van der Waals surface area contributed by atoms with E-state index in [4.69, 9.17) is 5.73 Å². The molecule has 0 spiro atoms. The average molecular weight is 559 g/mol. The van der Waals surface area contributed by atoms with E-state index in [1.165, 1.54) is 0 Å². The van der Waals surface area contributed by atoms with E-state index in [0.29, 0.717) is 37.9 Å². The SMILES string of the molecule is NCCCCC(NC(=O)C(Cc1c[nH]c2ccccc12)NC(=O)C(CCC(=O)O)NC(=O)C1CCCN1)C(=O)O. The topological polar surface area (TPSA) is 216 Å². The van der Waals surface area contributed by atoms with Crippen molar-refractivity contribution in [3.63, 3.8) is 0 Å². The summed E-state index contributed by atoms with van der Waals surface area (Å²) in [4.78, 5) is 65.7. The van der Waals surface area contributed by atoms with Crippen LogP contribution in [0.15, 0.2) is 30.5 Å². The number of carbonyl (C=O) groups excluding carboxylic acids is 3. The lowest BCUT2D eigenvalue weighted by atomic mass is 10.0. The Kier molecular flexibility index (Phi) is 11.5. The van der Waals surface area contributed by atoms with Gasteiger partial charge in [-0.3, -0.25) is 19.2 Å². The first-order valence-electron chi connectivity index (χ1n) is 13.5. The second-order valence-electron chi connectivity index (χ2n) is 9.95. The Morgan fingerprint density at radius 2 is 1.68 bits per heavy atom. The van der Waals surface area contributed by atoms with Crippen LogP contribution < -0.4 is 27.0 Å². The molecule has 9 N–H and O–H groups in total. The van der Waals surface area contributed by atoms with Crippen LogP contribution in [0.5, 0.6) is 0 Å².